The molecule has 5 nitrogen and oxygen atoms in total. The van der Waals surface area contributed by atoms with Crippen LogP contribution in [0.1, 0.15) is 0 Å². The first-order chi connectivity index (χ1) is 12.9. The van der Waals surface area contributed by atoms with Gasteiger partial charge in [-0.25, -0.2) is 17.8 Å². The van der Waals surface area contributed by atoms with Crippen molar-refractivity contribution in [2.45, 2.75) is 0 Å². The van der Waals surface area contributed by atoms with Gasteiger partial charge in [0, 0.05) is 22.1 Å². The van der Waals surface area contributed by atoms with Gasteiger partial charge < -0.3 is 5.32 Å². The largest absolute Gasteiger partial charge is 0.354 e. The van der Waals surface area contributed by atoms with Crippen LogP contribution in [0.2, 0.25) is 0 Å². The molecule has 0 aliphatic carbocycles. The van der Waals surface area contributed by atoms with Gasteiger partial charge in [-0.05, 0) is 36.4 Å². The van der Waals surface area contributed by atoms with Gasteiger partial charge in [0.2, 0.25) is 10.0 Å². The zero-order valence-electron chi connectivity index (χ0n) is 14.4. The number of hydrogen-bond donors (Lipinski definition) is 2. The fraction of sp³-hybridized carbons (Fsp3) is 0.0500. The van der Waals surface area contributed by atoms with Crippen LogP contribution in [-0.4, -0.2) is 19.7 Å². The molecule has 0 fully saturated rings. The second-order valence-electron chi connectivity index (χ2n) is 6.22. The Morgan fingerprint density at radius 2 is 1.52 bits per heavy atom. The van der Waals surface area contributed by atoms with E-state index in [1.165, 1.54) is 6.07 Å². The Labute approximate surface area is 155 Å². The molecule has 27 heavy (non-hydrogen) atoms. The van der Waals surface area contributed by atoms with Crippen molar-refractivity contribution in [3.8, 4) is 0 Å². The summed E-state index contributed by atoms with van der Waals surface area (Å²) in [6.07, 6.45) is 1.10. The molecule has 7 heteroatoms. The van der Waals surface area contributed by atoms with Crippen LogP contribution in [0.4, 0.5) is 21.5 Å². The smallest absolute Gasteiger partial charge is 0.229 e. The summed E-state index contributed by atoms with van der Waals surface area (Å²) in [5.74, 6) is -0.381. The van der Waals surface area contributed by atoms with E-state index in [-0.39, 0.29) is 5.82 Å². The third-order valence-electron chi connectivity index (χ3n) is 4.12. The first kappa shape index (κ1) is 17.2. The molecule has 4 rings (SSSR count). The molecule has 2 N–H and O–H groups in total. The van der Waals surface area contributed by atoms with Crippen LogP contribution in [0.25, 0.3) is 21.8 Å². The zero-order valence-corrected chi connectivity index (χ0v) is 15.2. The highest BCUT2D eigenvalue weighted by Crippen LogP contribution is 2.34. The monoisotopic (exact) mass is 381 g/mol. The number of anilines is 3. The molecule has 0 radical (unpaired) electrons. The van der Waals surface area contributed by atoms with E-state index in [2.05, 4.69) is 15.0 Å². The first-order valence-electron chi connectivity index (χ1n) is 8.22. The Bertz CT molecular complexity index is 1260. The van der Waals surface area contributed by atoms with Gasteiger partial charge in [-0.15, -0.1) is 0 Å². The summed E-state index contributed by atoms with van der Waals surface area (Å²) in [6, 6.07) is 19.2. The number of fused-ring (bicyclic) bond motifs is 2. The van der Waals surface area contributed by atoms with E-state index in [0.29, 0.717) is 22.1 Å². The highest BCUT2D eigenvalue weighted by atomic mass is 32.2. The van der Waals surface area contributed by atoms with E-state index in [0.717, 1.165) is 23.0 Å². The number of rotatable bonds is 4. The number of hydrogen-bond acceptors (Lipinski definition) is 4. The Morgan fingerprint density at radius 1 is 0.852 bits per heavy atom. The lowest BCUT2D eigenvalue weighted by molar-refractivity contribution is 0.607. The number of nitrogens with one attached hydrogen (secondary N) is 2. The molecule has 0 saturated carbocycles. The molecule has 1 heterocycles. The normalized spacial score (nSPS) is 11.6. The highest BCUT2D eigenvalue weighted by molar-refractivity contribution is 7.92. The van der Waals surface area contributed by atoms with Crippen LogP contribution in [-0.2, 0) is 10.0 Å². The molecular weight excluding hydrogens is 365 g/mol. The summed E-state index contributed by atoms with van der Waals surface area (Å²) < 4.78 is 39.4. The molecule has 3 aromatic carbocycles. The molecule has 0 unspecified atom stereocenters. The minimum Gasteiger partial charge on any atom is -0.354 e. The summed E-state index contributed by atoms with van der Waals surface area (Å²) in [5.41, 5.74) is 2.95. The standard InChI is InChI=1S/C20H16FN3O2S/c1-27(25,26)24-14-11-9-13(10-12-14)22-19-15-5-2-3-8-18(15)23-20-16(19)6-4-7-17(20)21/h2-12,24H,1H3,(H,22,23). The molecule has 0 bridgehead atoms. The maximum Gasteiger partial charge on any atom is 0.229 e. The third-order valence-corrected chi connectivity index (χ3v) is 4.73. The van der Waals surface area contributed by atoms with Gasteiger partial charge in [0.05, 0.1) is 17.5 Å². The second kappa shape index (κ2) is 6.51. The van der Waals surface area contributed by atoms with Crippen molar-refractivity contribution in [3.63, 3.8) is 0 Å². The van der Waals surface area contributed by atoms with Crippen LogP contribution in [0.3, 0.4) is 0 Å². The summed E-state index contributed by atoms with van der Waals surface area (Å²) in [7, 11) is -3.33. The van der Waals surface area contributed by atoms with Crippen LogP contribution in [0.5, 0.6) is 0 Å². The summed E-state index contributed by atoms with van der Waals surface area (Å²) in [6.45, 7) is 0. The second-order valence-corrected chi connectivity index (χ2v) is 7.96. The highest BCUT2D eigenvalue weighted by Gasteiger charge is 2.12. The van der Waals surface area contributed by atoms with Crippen molar-refractivity contribution in [2.24, 2.45) is 0 Å². The van der Waals surface area contributed by atoms with Gasteiger partial charge in [-0.3, -0.25) is 4.72 Å². The molecule has 1 aromatic heterocycles. The van der Waals surface area contributed by atoms with E-state index >= 15 is 0 Å². The molecule has 0 saturated heterocycles. The number of aromatic nitrogens is 1. The lowest BCUT2D eigenvalue weighted by atomic mass is 10.1. The SMILES string of the molecule is CS(=O)(=O)Nc1ccc(Nc2c3ccccc3nc3c(F)cccc23)cc1. The summed E-state index contributed by atoms with van der Waals surface area (Å²) in [5, 5.41) is 4.87. The lowest BCUT2D eigenvalue weighted by Crippen LogP contribution is -2.09. The van der Waals surface area contributed by atoms with Crippen LogP contribution in [0, 0.1) is 5.82 Å². The molecule has 0 aliphatic rings. The van der Waals surface area contributed by atoms with Gasteiger partial charge in [0.15, 0.2) is 0 Å². The number of halogens is 1. The van der Waals surface area contributed by atoms with Crippen molar-refractivity contribution >= 4 is 48.9 Å². The van der Waals surface area contributed by atoms with Gasteiger partial charge in [0.1, 0.15) is 11.3 Å². The van der Waals surface area contributed by atoms with E-state index in [1.807, 2.05) is 30.3 Å². The lowest BCUT2D eigenvalue weighted by Gasteiger charge is -2.14. The molecule has 0 amide bonds. The number of para-hydroxylation sites is 2. The van der Waals surface area contributed by atoms with E-state index in [1.54, 1.807) is 30.3 Å². The van der Waals surface area contributed by atoms with E-state index < -0.39 is 10.0 Å². The van der Waals surface area contributed by atoms with Crippen LogP contribution < -0.4 is 10.0 Å². The third kappa shape index (κ3) is 3.54. The van der Waals surface area contributed by atoms with Crippen LogP contribution >= 0.6 is 0 Å². The quantitative estimate of drug-likeness (QED) is 0.505. The average molecular weight is 381 g/mol. The van der Waals surface area contributed by atoms with Gasteiger partial charge in [-0.2, -0.15) is 0 Å². The topological polar surface area (TPSA) is 71.1 Å². The average Bonchev–Trinajstić information content (AvgIpc) is 2.63. The number of sulfonamides is 1. The zero-order chi connectivity index (χ0) is 19.0. The Hall–Kier alpha value is -3.19. The van der Waals surface area contributed by atoms with Crippen molar-refractivity contribution < 1.29 is 12.8 Å². The molecule has 0 aliphatic heterocycles. The summed E-state index contributed by atoms with van der Waals surface area (Å²) >= 11 is 0. The summed E-state index contributed by atoms with van der Waals surface area (Å²) in [4.78, 5) is 4.44. The van der Waals surface area contributed by atoms with Crippen molar-refractivity contribution in [3.05, 3.63) is 72.5 Å². The fourth-order valence-electron chi connectivity index (χ4n) is 2.99. The first-order valence-corrected chi connectivity index (χ1v) is 10.1. The van der Waals surface area contributed by atoms with Crippen molar-refractivity contribution in [2.75, 3.05) is 16.3 Å². The van der Waals surface area contributed by atoms with Crippen LogP contribution in [0.15, 0.2) is 66.7 Å². The van der Waals surface area contributed by atoms with Crippen molar-refractivity contribution in [1.82, 2.24) is 4.98 Å². The van der Waals surface area contributed by atoms with Gasteiger partial charge in [-0.1, -0.05) is 30.3 Å². The Balaban J connectivity index is 1.82. The fourth-order valence-corrected chi connectivity index (χ4v) is 3.56. The minimum absolute atomic E-state index is 0.300. The Morgan fingerprint density at radius 3 is 2.26 bits per heavy atom. The maximum absolute atomic E-state index is 14.3. The Kier molecular flexibility index (Phi) is 4.16. The molecule has 4 aromatic rings. The van der Waals surface area contributed by atoms with Crippen molar-refractivity contribution in [1.29, 1.82) is 0 Å². The minimum atomic E-state index is -3.33. The predicted molar refractivity (Wildman–Crippen MR) is 107 cm³/mol. The van der Waals surface area contributed by atoms with Gasteiger partial charge >= 0.3 is 0 Å². The van der Waals surface area contributed by atoms with E-state index in [9.17, 15) is 12.8 Å². The molecule has 0 spiro atoms. The predicted octanol–water partition coefficient (Wildman–Crippen LogP) is 4.64. The number of nitrogens with zero attached hydrogens (tertiary/aromatic N) is 1. The molecule has 136 valence electrons. The number of benzene rings is 3. The van der Waals surface area contributed by atoms with Gasteiger partial charge in [0.25, 0.3) is 0 Å². The molecular formula is C20H16FN3O2S. The number of pyridine rings is 1. The maximum atomic E-state index is 14.3. The molecule has 0 atom stereocenters. The van der Waals surface area contributed by atoms with E-state index in [4.69, 9.17) is 0 Å².